The van der Waals surface area contributed by atoms with E-state index in [0.29, 0.717) is 0 Å². The van der Waals surface area contributed by atoms with Crippen molar-refractivity contribution in [2.45, 2.75) is 0 Å². The van der Waals surface area contributed by atoms with Gasteiger partial charge >= 0.3 is 237 Å². The van der Waals surface area contributed by atoms with Gasteiger partial charge in [0, 0.05) is 0 Å². The molecule has 0 saturated heterocycles. The molecule has 0 aliphatic rings. The standard InChI is InChI=1S/5Ca.2HO8P3/c;;;;;2*1-9(2)7-11(5,6)8-10(3)4/h;;;;;2*(H,5,6)/q5*+2;;/p-2. The molecule has 0 aliphatic carbocycles. The molecule has 128 valence electrons. The van der Waals surface area contributed by atoms with Crippen LogP contribution in [-0.2, 0) is 44.6 Å². The predicted octanol–water partition coefficient (Wildman–Crippen LogP) is -4.86. The van der Waals surface area contributed by atoms with E-state index < -0.39 is 48.7 Å². The van der Waals surface area contributed by atoms with Gasteiger partial charge in [0.25, 0.3) is 0 Å². The molecule has 0 aromatic rings. The minimum absolute atomic E-state index is 0. The fourth-order valence-electron chi connectivity index (χ4n) is 0.356. The van der Waals surface area contributed by atoms with Crippen molar-refractivity contribution in [3.8, 4) is 0 Å². The molecule has 0 amide bonds. The Morgan fingerprint density at radius 1 is 0.481 bits per heavy atom. The molecule has 27 heavy (non-hydrogen) atoms. The van der Waals surface area contributed by atoms with Crippen molar-refractivity contribution in [2.75, 3.05) is 0 Å². The maximum atomic E-state index is 10.1. The molecule has 4 unspecified atom stereocenters. The van der Waals surface area contributed by atoms with Crippen molar-refractivity contribution in [1.82, 2.24) is 0 Å². The summed E-state index contributed by atoms with van der Waals surface area (Å²) in [6, 6.07) is 0. The fraction of sp³-hybridized carbons (Fsp3) is 0. The number of hydrogen-bond donors (Lipinski definition) is 0. The Morgan fingerprint density at radius 3 is 0.667 bits per heavy atom. The SMILES string of the molecule is O=[P+]([O-])OP(=O)([O-])O[P+](=O)[O-].O=[P+]([O-])OP(=O)([O-])O[P+](=O)[O-].[Ca+2].[Ca+2].[Ca+2].[Ca+2].[Ca+2]. The van der Waals surface area contributed by atoms with E-state index in [1.165, 1.54) is 0 Å². The van der Waals surface area contributed by atoms with Gasteiger partial charge < -0.3 is 29.4 Å². The second-order valence-corrected chi connectivity index (χ2v) is 8.31. The molecule has 27 heteroatoms. The Kier molecular flexibility index (Phi) is 51.2. The van der Waals surface area contributed by atoms with Crippen LogP contribution in [0.4, 0.5) is 0 Å². The van der Waals surface area contributed by atoms with Gasteiger partial charge in [-0.05, 0) is 18.3 Å². The zero-order valence-corrected chi connectivity index (χ0v) is 29.2. The van der Waals surface area contributed by atoms with Gasteiger partial charge in [-0.2, -0.15) is 0 Å². The van der Waals surface area contributed by atoms with Crippen molar-refractivity contribution >= 4 is 237 Å². The molecule has 4 atom stereocenters. The van der Waals surface area contributed by atoms with E-state index in [9.17, 15) is 56.8 Å². The topological polar surface area (TPSA) is 278 Å². The van der Waals surface area contributed by atoms with Gasteiger partial charge in [0.1, 0.15) is 0 Å². The van der Waals surface area contributed by atoms with E-state index in [2.05, 4.69) is 17.2 Å². The first kappa shape index (κ1) is 50.6. The summed E-state index contributed by atoms with van der Waals surface area (Å²) in [5, 5.41) is 0. The van der Waals surface area contributed by atoms with Crippen molar-refractivity contribution in [3.63, 3.8) is 0 Å². The normalized spacial score (nSPS) is 15.3. The van der Waals surface area contributed by atoms with E-state index in [1.807, 2.05) is 0 Å². The first-order chi connectivity index (χ1) is 9.67. The van der Waals surface area contributed by atoms with E-state index >= 15 is 0 Å². The summed E-state index contributed by atoms with van der Waals surface area (Å²) in [5.74, 6) is 0. The van der Waals surface area contributed by atoms with Crippen LogP contribution in [0.2, 0.25) is 0 Å². The largest absolute Gasteiger partial charge is 2.00 e. The summed E-state index contributed by atoms with van der Waals surface area (Å²) in [7, 11) is -25.2. The van der Waals surface area contributed by atoms with Crippen molar-refractivity contribution in [3.05, 3.63) is 0 Å². The van der Waals surface area contributed by atoms with Crippen LogP contribution in [-0.4, -0.2) is 189 Å². The number of hydrogen-bond acceptors (Lipinski definition) is 16. The molecular weight excluding hydrogens is 642 g/mol. The van der Waals surface area contributed by atoms with Crippen molar-refractivity contribution in [1.29, 1.82) is 0 Å². The van der Waals surface area contributed by atoms with E-state index in [4.69, 9.17) is 0 Å². The van der Waals surface area contributed by atoms with E-state index in [-0.39, 0.29) is 189 Å². The molecule has 0 N–H and O–H groups in total. The summed E-state index contributed by atoms with van der Waals surface area (Å²) in [6.07, 6.45) is 0. The molecule has 0 radical (unpaired) electrons. The molecule has 16 nitrogen and oxygen atoms in total. The molecule has 0 fully saturated rings. The smallest absolute Gasteiger partial charge is 0.750 e. The third-order valence-electron chi connectivity index (χ3n) is 0.667. The molecule has 0 spiro atoms. The molecule has 0 rings (SSSR count). The van der Waals surface area contributed by atoms with Crippen LogP contribution in [0.15, 0.2) is 0 Å². The Bertz CT molecular complexity index is 457. The van der Waals surface area contributed by atoms with Gasteiger partial charge in [-0.3, -0.25) is 9.13 Å². The molecule has 0 aromatic carbocycles. The van der Waals surface area contributed by atoms with Crippen molar-refractivity contribution in [2.24, 2.45) is 0 Å². The summed E-state index contributed by atoms with van der Waals surface area (Å²) < 4.78 is 70.8. The van der Waals surface area contributed by atoms with Crippen LogP contribution >= 0.6 is 48.7 Å². The third kappa shape index (κ3) is 43.3. The predicted molar refractivity (Wildman–Crippen MR) is 78.7 cm³/mol. The molecule has 0 aromatic heterocycles. The fourth-order valence-corrected chi connectivity index (χ4v) is 3.74. The average molecular weight is 642 g/mol. The van der Waals surface area contributed by atoms with Gasteiger partial charge in [-0.25, -0.2) is 0 Å². The van der Waals surface area contributed by atoms with Gasteiger partial charge in [-0.1, -0.05) is 17.2 Å². The van der Waals surface area contributed by atoms with E-state index in [0.717, 1.165) is 0 Å². The van der Waals surface area contributed by atoms with Gasteiger partial charge in [0.05, 0.1) is 0 Å². The second kappa shape index (κ2) is 27.3. The Morgan fingerprint density at radius 2 is 0.593 bits per heavy atom. The average Bonchev–Trinajstić information content (AvgIpc) is 2.06. The summed E-state index contributed by atoms with van der Waals surface area (Å²) >= 11 is 0. The zero-order valence-electron chi connectivity index (χ0n) is 12.8. The van der Waals surface area contributed by atoms with Gasteiger partial charge in [0.2, 0.25) is 0 Å². The summed E-state index contributed by atoms with van der Waals surface area (Å²) in [4.78, 5) is 58.4. The first-order valence-corrected chi connectivity index (χ1v) is 11.0. The number of rotatable bonds is 8. The number of phosphoric acid groups is 2. The van der Waals surface area contributed by atoms with Crippen LogP contribution in [0.3, 0.4) is 0 Å². The molecule has 0 aliphatic heterocycles. The van der Waals surface area contributed by atoms with Crippen molar-refractivity contribution < 1.29 is 74.0 Å². The first-order valence-electron chi connectivity index (χ1n) is 3.65. The Labute approximate surface area is 304 Å². The van der Waals surface area contributed by atoms with Crippen LogP contribution in [0, 0.1) is 0 Å². The molecule has 0 heterocycles. The third-order valence-corrected chi connectivity index (χ3v) is 6.00. The van der Waals surface area contributed by atoms with Crippen LogP contribution in [0.25, 0.3) is 0 Å². The Balaban J connectivity index is -0.0000000500. The molecule has 0 bridgehead atoms. The van der Waals surface area contributed by atoms with Crippen LogP contribution in [0.1, 0.15) is 0 Å². The second-order valence-electron chi connectivity index (χ2n) is 2.12. The minimum Gasteiger partial charge on any atom is -0.750 e. The summed E-state index contributed by atoms with van der Waals surface area (Å²) in [5.41, 5.74) is 0. The quantitative estimate of drug-likeness (QED) is 0.177. The molecular formula is Ca5O16P6+8. The minimum atomic E-state index is -5.25. The van der Waals surface area contributed by atoms with Gasteiger partial charge in [-0.15, -0.1) is 0 Å². The van der Waals surface area contributed by atoms with Gasteiger partial charge in [0.15, 0.2) is 0 Å². The summed E-state index contributed by atoms with van der Waals surface area (Å²) in [6.45, 7) is 0. The zero-order chi connectivity index (χ0) is 18.1. The monoisotopic (exact) mass is 642 g/mol. The van der Waals surface area contributed by atoms with E-state index in [1.54, 1.807) is 0 Å². The Hall–Kier alpha value is 6.76. The van der Waals surface area contributed by atoms with Crippen LogP contribution in [0.5, 0.6) is 0 Å². The molecule has 0 saturated carbocycles. The maximum Gasteiger partial charge on any atom is 2.00 e. The van der Waals surface area contributed by atoms with Crippen LogP contribution < -0.4 is 29.4 Å². The maximum absolute atomic E-state index is 10.1.